The molecule has 2 nitrogen and oxygen atoms in total. The van der Waals surface area contributed by atoms with Crippen molar-refractivity contribution in [1.29, 1.82) is 0 Å². The number of aliphatic hydroxyl groups excluding tert-OH is 1. The molecule has 0 saturated heterocycles. The Kier molecular flexibility index (Phi) is 3.06. The standard InChI is InChI=1S/C15H21NO/c17-10-15-12-7-6-11(8-12)14(15)9-16-13-4-2-1-3-5-13/h1-5,11-12,14-17H,6-10H2/t11-,12+,14-,15+/m0/s1. The van der Waals surface area contributed by atoms with Crippen molar-refractivity contribution in [2.45, 2.75) is 19.3 Å². The summed E-state index contributed by atoms with van der Waals surface area (Å²) in [6, 6.07) is 10.4. The van der Waals surface area contributed by atoms with Crippen molar-refractivity contribution in [3.63, 3.8) is 0 Å². The van der Waals surface area contributed by atoms with Crippen molar-refractivity contribution in [1.82, 2.24) is 0 Å². The lowest BCUT2D eigenvalue weighted by Crippen LogP contribution is -2.30. The Morgan fingerprint density at radius 1 is 1.06 bits per heavy atom. The van der Waals surface area contributed by atoms with E-state index in [0.29, 0.717) is 18.4 Å². The van der Waals surface area contributed by atoms with Crippen molar-refractivity contribution in [2.75, 3.05) is 18.5 Å². The Hall–Kier alpha value is -1.02. The molecule has 0 radical (unpaired) electrons. The van der Waals surface area contributed by atoms with Gasteiger partial charge in [-0.05, 0) is 55.1 Å². The van der Waals surface area contributed by atoms with Gasteiger partial charge in [-0.15, -0.1) is 0 Å². The summed E-state index contributed by atoms with van der Waals surface area (Å²) in [4.78, 5) is 0. The van der Waals surface area contributed by atoms with Crippen LogP contribution in [0.4, 0.5) is 5.69 Å². The lowest BCUT2D eigenvalue weighted by molar-refractivity contribution is 0.131. The van der Waals surface area contributed by atoms with E-state index in [1.165, 1.54) is 24.9 Å². The normalized spacial score (nSPS) is 35.1. The van der Waals surface area contributed by atoms with E-state index in [1.807, 2.05) is 6.07 Å². The highest BCUT2D eigenvalue weighted by Gasteiger charge is 2.46. The first kappa shape index (κ1) is 11.1. The second-order valence-electron chi connectivity index (χ2n) is 5.59. The van der Waals surface area contributed by atoms with Gasteiger partial charge in [0, 0.05) is 18.8 Å². The molecule has 2 fully saturated rings. The minimum absolute atomic E-state index is 0.377. The molecule has 1 aromatic carbocycles. The molecule has 0 aromatic heterocycles. The van der Waals surface area contributed by atoms with Gasteiger partial charge in [0.1, 0.15) is 0 Å². The quantitative estimate of drug-likeness (QED) is 0.835. The molecule has 92 valence electrons. The average molecular weight is 231 g/mol. The minimum atomic E-state index is 0.377. The lowest BCUT2D eigenvalue weighted by atomic mass is 9.79. The van der Waals surface area contributed by atoms with E-state index < -0.39 is 0 Å². The minimum Gasteiger partial charge on any atom is -0.396 e. The number of hydrogen-bond donors (Lipinski definition) is 2. The van der Waals surface area contributed by atoms with Crippen molar-refractivity contribution in [3.05, 3.63) is 30.3 Å². The summed E-state index contributed by atoms with van der Waals surface area (Å²) < 4.78 is 0. The molecule has 0 heterocycles. The van der Waals surface area contributed by atoms with Gasteiger partial charge in [0.25, 0.3) is 0 Å². The van der Waals surface area contributed by atoms with Gasteiger partial charge in [-0.1, -0.05) is 18.2 Å². The number of aliphatic hydroxyl groups is 1. The Balaban J connectivity index is 1.62. The highest BCUT2D eigenvalue weighted by atomic mass is 16.3. The molecule has 2 aliphatic carbocycles. The number of hydrogen-bond acceptors (Lipinski definition) is 2. The summed E-state index contributed by atoms with van der Waals surface area (Å²) in [5.41, 5.74) is 1.20. The van der Waals surface area contributed by atoms with Gasteiger partial charge in [0.2, 0.25) is 0 Å². The maximum atomic E-state index is 9.53. The number of nitrogens with one attached hydrogen (secondary N) is 1. The average Bonchev–Trinajstić information content (AvgIpc) is 2.97. The second-order valence-corrected chi connectivity index (χ2v) is 5.59. The Morgan fingerprint density at radius 2 is 1.76 bits per heavy atom. The van der Waals surface area contributed by atoms with Crippen LogP contribution in [0.5, 0.6) is 0 Å². The number of benzene rings is 1. The molecule has 2 aliphatic rings. The van der Waals surface area contributed by atoms with Gasteiger partial charge in [0.15, 0.2) is 0 Å². The number of rotatable bonds is 4. The molecule has 3 rings (SSSR count). The zero-order valence-electron chi connectivity index (χ0n) is 10.2. The predicted octanol–water partition coefficient (Wildman–Crippen LogP) is 2.75. The third-order valence-electron chi connectivity index (χ3n) is 4.80. The van der Waals surface area contributed by atoms with Crippen LogP contribution in [-0.4, -0.2) is 18.3 Å². The molecule has 1 aromatic rings. The summed E-state index contributed by atoms with van der Waals surface area (Å²) in [6.45, 7) is 1.40. The van der Waals surface area contributed by atoms with Gasteiger partial charge in [0.05, 0.1) is 0 Å². The van der Waals surface area contributed by atoms with E-state index in [4.69, 9.17) is 0 Å². The van der Waals surface area contributed by atoms with E-state index in [9.17, 15) is 5.11 Å². The first-order valence-corrected chi connectivity index (χ1v) is 6.78. The van der Waals surface area contributed by atoms with Crippen molar-refractivity contribution >= 4 is 5.69 Å². The maximum absolute atomic E-state index is 9.53. The van der Waals surface area contributed by atoms with Gasteiger partial charge in [-0.25, -0.2) is 0 Å². The lowest BCUT2D eigenvalue weighted by Gasteiger charge is -2.30. The fourth-order valence-corrected chi connectivity index (χ4v) is 3.92. The van der Waals surface area contributed by atoms with Gasteiger partial charge in [-0.3, -0.25) is 0 Å². The van der Waals surface area contributed by atoms with Crippen molar-refractivity contribution in [3.8, 4) is 0 Å². The van der Waals surface area contributed by atoms with Crippen LogP contribution >= 0.6 is 0 Å². The smallest absolute Gasteiger partial charge is 0.0465 e. The van der Waals surface area contributed by atoms with Crippen molar-refractivity contribution in [2.24, 2.45) is 23.7 Å². The van der Waals surface area contributed by atoms with E-state index >= 15 is 0 Å². The van der Waals surface area contributed by atoms with Crippen LogP contribution in [0.2, 0.25) is 0 Å². The van der Waals surface area contributed by atoms with Crippen LogP contribution in [0.25, 0.3) is 0 Å². The zero-order valence-corrected chi connectivity index (χ0v) is 10.2. The summed E-state index contributed by atoms with van der Waals surface area (Å²) in [5.74, 6) is 2.88. The molecule has 0 spiro atoms. The van der Waals surface area contributed by atoms with Crippen LogP contribution in [0.3, 0.4) is 0 Å². The third-order valence-corrected chi connectivity index (χ3v) is 4.80. The van der Waals surface area contributed by atoms with Gasteiger partial charge >= 0.3 is 0 Å². The van der Waals surface area contributed by atoms with E-state index in [1.54, 1.807) is 0 Å². The molecule has 2 bridgehead atoms. The second kappa shape index (κ2) is 4.69. The molecule has 2 heteroatoms. The van der Waals surface area contributed by atoms with Crippen LogP contribution < -0.4 is 5.32 Å². The third kappa shape index (κ3) is 2.06. The molecule has 4 atom stereocenters. The van der Waals surface area contributed by atoms with Crippen LogP contribution in [0, 0.1) is 23.7 Å². The number of para-hydroxylation sites is 1. The SMILES string of the molecule is OC[C@@H]1[C@@H]2CC[C@@H](C2)[C@@H]1CNc1ccccc1. The molecular formula is C15H21NO. The molecule has 0 amide bonds. The largest absolute Gasteiger partial charge is 0.396 e. The van der Waals surface area contributed by atoms with E-state index in [0.717, 1.165) is 18.4 Å². The first-order chi connectivity index (χ1) is 8.38. The fraction of sp³-hybridized carbons (Fsp3) is 0.600. The fourth-order valence-electron chi connectivity index (χ4n) is 3.92. The van der Waals surface area contributed by atoms with Crippen LogP contribution in [0.15, 0.2) is 30.3 Å². The van der Waals surface area contributed by atoms with Crippen LogP contribution in [0.1, 0.15) is 19.3 Å². The van der Waals surface area contributed by atoms with E-state index in [2.05, 4.69) is 29.6 Å². The number of fused-ring (bicyclic) bond motifs is 2. The maximum Gasteiger partial charge on any atom is 0.0465 e. The molecule has 0 aliphatic heterocycles. The zero-order chi connectivity index (χ0) is 11.7. The highest BCUT2D eigenvalue weighted by molar-refractivity contribution is 5.42. The Labute approximate surface area is 103 Å². The summed E-state index contributed by atoms with van der Waals surface area (Å²) in [7, 11) is 0. The molecule has 2 saturated carbocycles. The van der Waals surface area contributed by atoms with Crippen LogP contribution in [-0.2, 0) is 0 Å². The molecular weight excluding hydrogens is 210 g/mol. The van der Waals surface area contributed by atoms with Gasteiger partial charge < -0.3 is 10.4 Å². The monoisotopic (exact) mass is 231 g/mol. The van der Waals surface area contributed by atoms with E-state index in [-0.39, 0.29) is 0 Å². The highest BCUT2D eigenvalue weighted by Crippen LogP contribution is 2.51. The summed E-state index contributed by atoms with van der Waals surface area (Å²) >= 11 is 0. The van der Waals surface area contributed by atoms with Crippen molar-refractivity contribution < 1.29 is 5.11 Å². The Morgan fingerprint density at radius 3 is 2.47 bits per heavy atom. The predicted molar refractivity (Wildman–Crippen MR) is 69.8 cm³/mol. The van der Waals surface area contributed by atoms with Gasteiger partial charge in [-0.2, -0.15) is 0 Å². The number of anilines is 1. The Bertz CT molecular complexity index is 364. The summed E-state index contributed by atoms with van der Waals surface area (Å²) in [6.07, 6.45) is 4.08. The molecule has 2 N–H and O–H groups in total. The first-order valence-electron chi connectivity index (χ1n) is 6.78. The molecule has 17 heavy (non-hydrogen) atoms. The summed E-state index contributed by atoms with van der Waals surface area (Å²) in [5, 5.41) is 13.1. The molecule has 0 unspecified atom stereocenters. The topological polar surface area (TPSA) is 32.3 Å².